The molecule has 29 heavy (non-hydrogen) atoms. The molecule has 0 aliphatic heterocycles. The summed E-state index contributed by atoms with van der Waals surface area (Å²) in [7, 11) is 0. The molecule has 178 valence electrons. The first-order valence-electron chi connectivity index (χ1n) is 12.6. The summed E-state index contributed by atoms with van der Waals surface area (Å²) in [6.07, 6.45) is 23.4. The molecular formula is C24H52BrNO3. The van der Waals surface area contributed by atoms with Crippen molar-refractivity contribution in [1.82, 2.24) is 0 Å². The van der Waals surface area contributed by atoms with Crippen LogP contribution in [-0.4, -0.2) is 30.7 Å². The summed E-state index contributed by atoms with van der Waals surface area (Å²) in [6, 6.07) is 0. The summed E-state index contributed by atoms with van der Waals surface area (Å²) in [5.41, 5.74) is 0. The van der Waals surface area contributed by atoms with Crippen LogP contribution in [0.1, 0.15) is 130 Å². The molecule has 5 heteroatoms. The average molecular weight is 483 g/mol. The van der Waals surface area contributed by atoms with Crippen molar-refractivity contribution in [2.75, 3.05) is 26.2 Å². The maximum Gasteiger partial charge on any atom is 0.216 e. The number of hydrogen-bond donors (Lipinski definition) is 0. The maximum atomic E-state index is 8.52. The maximum absolute atomic E-state index is 8.52. The van der Waals surface area contributed by atoms with E-state index in [-0.39, 0.29) is 0 Å². The van der Waals surface area contributed by atoms with Crippen molar-refractivity contribution >= 4 is 0 Å². The summed E-state index contributed by atoms with van der Waals surface area (Å²) < 4.78 is 26.9. The van der Waals surface area contributed by atoms with Gasteiger partial charge in [-0.15, -0.1) is 0 Å². The zero-order chi connectivity index (χ0) is 22.2. The monoisotopic (exact) mass is 481 g/mol. The largest absolute Gasteiger partial charge is 0.405 e. The number of nitrogens with zero attached hydrogens (tertiary/aromatic N) is 1. The van der Waals surface area contributed by atoms with E-state index in [0.717, 1.165) is 0 Å². The van der Waals surface area contributed by atoms with Gasteiger partial charge in [-0.1, -0.05) is 96.8 Å². The first-order chi connectivity index (χ1) is 14.0. The third-order valence-electron chi connectivity index (χ3n) is 6.50. The minimum atomic E-state index is -3.65. The lowest BCUT2D eigenvalue weighted by Gasteiger charge is -2.35. The molecule has 0 atom stereocenters. The predicted octanol–water partition coefficient (Wildman–Crippen LogP) is 4.56. The highest BCUT2D eigenvalue weighted by Crippen LogP contribution is 2.15. The number of hydrogen-bond acceptors (Lipinski definition) is 3. The van der Waals surface area contributed by atoms with Gasteiger partial charge in [0.2, 0.25) is 14.8 Å². The highest BCUT2D eigenvalue weighted by Gasteiger charge is 2.19. The second-order valence-electron chi connectivity index (χ2n) is 8.51. The lowest BCUT2D eigenvalue weighted by atomic mass is 10.0. The normalized spacial score (nSPS) is 11.6. The molecule has 0 bridgehead atoms. The van der Waals surface area contributed by atoms with Gasteiger partial charge in [-0.3, -0.25) is 0 Å². The second-order valence-corrected chi connectivity index (χ2v) is 9.30. The van der Waals surface area contributed by atoms with Gasteiger partial charge in [-0.05, 0) is 33.6 Å². The Balaban J connectivity index is 0. The molecule has 0 aromatic carbocycles. The molecule has 0 aromatic heterocycles. The molecule has 0 rings (SSSR count). The molecule has 0 fully saturated rings. The minimum Gasteiger partial charge on any atom is -0.405 e. The fourth-order valence-electron chi connectivity index (χ4n) is 4.14. The second kappa shape index (κ2) is 24.6. The van der Waals surface area contributed by atoms with Crippen molar-refractivity contribution in [3.8, 4) is 0 Å². The van der Waals surface area contributed by atoms with Gasteiger partial charge in [0.05, 0.1) is 26.2 Å². The van der Waals surface area contributed by atoms with Gasteiger partial charge >= 0.3 is 0 Å². The Kier molecular flexibility index (Phi) is 26.7. The van der Waals surface area contributed by atoms with E-state index in [1.807, 2.05) is 0 Å². The Bertz CT molecular complexity index is 289. The van der Waals surface area contributed by atoms with E-state index in [2.05, 4.69) is 27.7 Å². The van der Waals surface area contributed by atoms with Crippen molar-refractivity contribution in [1.29, 1.82) is 0 Å². The summed E-state index contributed by atoms with van der Waals surface area (Å²) >= 11 is -3.65. The van der Waals surface area contributed by atoms with Crippen LogP contribution in [0.5, 0.6) is 0 Å². The molecule has 0 aromatic rings. The van der Waals surface area contributed by atoms with Crippen molar-refractivity contribution in [2.24, 2.45) is 0 Å². The molecule has 0 saturated carbocycles. The van der Waals surface area contributed by atoms with E-state index in [0.29, 0.717) is 0 Å². The van der Waals surface area contributed by atoms with Crippen LogP contribution in [-0.2, 0) is 0 Å². The van der Waals surface area contributed by atoms with E-state index in [1.54, 1.807) is 0 Å². The van der Waals surface area contributed by atoms with E-state index >= 15 is 0 Å². The Labute approximate surface area is 188 Å². The lowest BCUT2D eigenvalue weighted by molar-refractivity contribution is -1.73. The van der Waals surface area contributed by atoms with E-state index < -0.39 is 14.8 Å². The first kappa shape index (κ1) is 31.5. The topological polar surface area (TPSA) is 69.2 Å². The summed E-state index contributed by atoms with van der Waals surface area (Å²) in [5, 5.41) is 0. The molecule has 4 nitrogen and oxygen atoms in total. The lowest BCUT2D eigenvalue weighted by Crippen LogP contribution is -2.48. The van der Waals surface area contributed by atoms with Gasteiger partial charge in [-0.2, -0.15) is 0 Å². The van der Waals surface area contributed by atoms with Crippen molar-refractivity contribution in [3.63, 3.8) is 0 Å². The van der Waals surface area contributed by atoms with Crippen LogP contribution < -0.4 is 12.6 Å². The average Bonchev–Trinajstić information content (AvgIpc) is 2.70. The summed E-state index contributed by atoms with van der Waals surface area (Å²) in [6.45, 7) is 14.7. The van der Waals surface area contributed by atoms with Crippen molar-refractivity contribution < 1.29 is 31.9 Å². The van der Waals surface area contributed by atoms with Gasteiger partial charge in [0.1, 0.15) is 0 Å². The van der Waals surface area contributed by atoms with Crippen LogP contribution in [0.25, 0.3) is 0 Å². The Morgan fingerprint density at radius 1 is 0.448 bits per heavy atom. The molecular weight excluding hydrogens is 430 g/mol. The van der Waals surface area contributed by atoms with Crippen molar-refractivity contribution in [2.45, 2.75) is 130 Å². The van der Waals surface area contributed by atoms with Gasteiger partial charge in [0.15, 0.2) is 0 Å². The Morgan fingerprint density at radius 2 is 0.690 bits per heavy atom. The van der Waals surface area contributed by atoms with E-state index in [1.165, 1.54) is 133 Å². The number of halogens is 1. The van der Waals surface area contributed by atoms with Gasteiger partial charge in [-0.25, -0.2) is 0 Å². The zero-order valence-electron chi connectivity index (χ0n) is 20.2. The van der Waals surface area contributed by atoms with Gasteiger partial charge < -0.3 is 17.1 Å². The molecule has 0 unspecified atom stereocenters. The third kappa shape index (κ3) is 24.5. The molecule has 0 heterocycles. The Morgan fingerprint density at radius 3 is 0.931 bits per heavy atom. The zero-order valence-corrected chi connectivity index (χ0v) is 21.8. The summed E-state index contributed by atoms with van der Waals surface area (Å²) in [4.78, 5) is 0. The molecule has 0 spiro atoms. The number of unbranched alkanes of at least 4 members (excludes halogenated alkanes) is 15. The summed E-state index contributed by atoms with van der Waals surface area (Å²) in [5.74, 6) is 0. The fraction of sp³-hybridized carbons (Fsp3) is 1.00. The third-order valence-corrected chi connectivity index (χ3v) is 6.50. The van der Waals surface area contributed by atoms with E-state index in [4.69, 9.17) is 12.6 Å². The van der Waals surface area contributed by atoms with Crippen LogP contribution in [0.3, 0.4) is 0 Å². The molecule has 0 aliphatic rings. The van der Waals surface area contributed by atoms with Crippen LogP contribution in [0, 0.1) is 14.8 Å². The number of quaternary nitrogens is 1. The highest BCUT2D eigenvalue weighted by atomic mass is 80.0. The van der Waals surface area contributed by atoms with Gasteiger partial charge in [0.25, 0.3) is 0 Å². The Hall–Kier alpha value is 0.320. The standard InChI is InChI=1S/C24H52N.BrO3/c1-5-9-10-11-12-13-14-15-16-17-18-19-20-21-22-23-24-25(6-2,7-3)8-4;2-1(3)4/h5-24H2,1-4H3;/q+1;-1. The highest BCUT2D eigenvalue weighted by molar-refractivity contribution is 4.50. The van der Waals surface area contributed by atoms with Gasteiger partial charge in [0, 0.05) is 0 Å². The molecule has 0 amide bonds. The molecule has 0 aliphatic carbocycles. The number of rotatable bonds is 20. The van der Waals surface area contributed by atoms with E-state index in [9.17, 15) is 0 Å². The fourth-order valence-corrected chi connectivity index (χ4v) is 4.14. The van der Waals surface area contributed by atoms with Crippen LogP contribution in [0.15, 0.2) is 0 Å². The predicted molar refractivity (Wildman–Crippen MR) is 116 cm³/mol. The smallest absolute Gasteiger partial charge is 0.216 e. The first-order valence-corrected chi connectivity index (χ1v) is 14.5. The van der Waals surface area contributed by atoms with Crippen LogP contribution in [0.4, 0.5) is 0 Å². The SMILES string of the molecule is CCCCCCCCCCCCCCCCCC[N+](CC)(CC)CC.[O-][Br+2]([O-])[O-]. The van der Waals surface area contributed by atoms with Crippen LogP contribution >= 0.6 is 0 Å². The molecule has 0 saturated heterocycles. The molecule has 0 N–H and O–H groups in total. The minimum absolute atomic E-state index is 1.31. The quantitative estimate of drug-likeness (QED) is 0.189. The molecule has 0 radical (unpaired) electrons. The van der Waals surface area contributed by atoms with Crippen molar-refractivity contribution in [3.05, 3.63) is 0 Å². The van der Waals surface area contributed by atoms with Crippen LogP contribution in [0.2, 0.25) is 0 Å².